The van der Waals surface area contributed by atoms with Gasteiger partial charge in [0.25, 0.3) is 0 Å². The Bertz CT molecular complexity index is 777. The molecule has 1 aromatic carbocycles. The molecule has 140 valence electrons. The molecule has 3 amide bonds. The van der Waals surface area contributed by atoms with Gasteiger partial charge in [0, 0.05) is 29.4 Å². The number of nitrogens with zero attached hydrogens (tertiary/aromatic N) is 2. The standard InChI is InChI=1S/C19H27N5O2/c1-13(2)24-12-14-10-16(8-9-17(14)23-24)22-19(26)20-11-18(25)21-15-6-4-3-5-7-15/h8-10,12-13,15H,3-7,11H2,1-2H3,(H,21,25)(H2,20,22,26). The lowest BCUT2D eigenvalue weighted by atomic mass is 9.95. The smallest absolute Gasteiger partial charge is 0.319 e. The summed E-state index contributed by atoms with van der Waals surface area (Å²) >= 11 is 0. The quantitative estimate of drug-likeness (QED) is 0.768. The zero-order chi connectivity index (χ0) is 18.5. The van der Waals surface area contributed by atoms with E-state index in [-0.39, 0.29) is 30.6 Å². The number of nitrogens with one attached hydrogen (secondary N) is 3. The van der Waals surface area contributed by atoms with Crippen molar-refractivity contribution in [3.63, 3.8) is 0 Å². The molecule has 7 nitrogen and oxygen atoms in total. The largest absolute Gasteiger partial charge is 0.352 e. The fourth-order valence-electron chi connectivity index (χ4n) is 3.25. The van der Waals surface area contributed by atoms with Crippen molar-refractivity contribution < 1.29 is 9.59 Å². The van der Waals surface area contributed by atoms with Crippen molar-refractivity contribution in [3.8, 4) is 0 Å². The van der Waals surface area contributed by atoms with E-state index in [2.05, 4.69) is 34.9 Å². The Balaban J connectivity index is 1.49. The van der Waals surface area contributed by atoms with E-state index >= 15 is 0 Å². The molecule has 1 aromatic heterocycles. The molecular weight excluding hydrogens is 330 g/mol. The van der Waals surface area contributed by atoms with Crippen molar-refractivity contribution in [1.29, 1.82) is 0 Å². The number of urea groups is 1. The summed E-state index contributed by atoms with van der Waals surface area (Å²) in [7, 11) is 0. The normalized spacial score (nSPS) is 15.2. The van der Waals surface area contributed by atoms with E-state index in [1.807, 2.05) is 29.1 Å². The molecule has 3 N–H and O–H groups in total. The van der Waals surface area contributed by atoms with Crippen molar-refractivity contribution >= 4 is 28.5 Å². The molecule has 0 radical (unpaired) electrons. The molecule has 1 aliphatic rings. The van der Waals surface area contributed by atoms with Crippen LogP contribution in [0.3, 0.4) is 0 Å². The number of hydrogen-bond donors (Lipinski definition) is 3. The summed E-state index contributed by atoms with van der Waals surface area (Å²) in [6.07, 6.45) is 7.58. The summed E-state index contributed by atoms with van der Waals surface area (Å²) in [6.45, 7) is 4.11. The van der Waals surface area contributed by atoms with E-state index in [1.54, 1.807) is 0 Å². The molecule has 0 atom stereocenters. The van der Waals surface area contributed by atoms with Gasteiger partial charge in [-0.25, -0.2) is 4.79 Å². The zero-order valence-electron chi connectivity index (χ0n) is 15.4. The summed E-state index contributed by atoms with van der Waals surface area (Å²) in [5.41, 5.74) is 1.56. The lowest BCUT2D eigenvalue weighted by Crippen LogP contribution is -2.43. The first-order valence-corrected chi connectivity index (χ1v) is 9.34. The highest BCUT2D eigenvalue weighted by Crippen LogP contribution is 2.20. The van der Waals surface area contributed by atoms with Crippen LogP contribution in [0, 0.1) is 0 Å². The maximum absolute atomic E-state index is 12.0. The van der Waals surface area contributed by atoms with E-state index < -0.39 is 0 Å². The van der Waals surface area contributed by atoms with Gasteiger partial charge in [-0.15, -0.1) is 0 Å². The Morgan fingerprint density at radius 2 is 2.00 bits per heavy atom. The van der Waals surface area contributed by atoms with Gasteiger partial charge in [0.05, 0.1) is 12.1 Å². The topological polar surface area (TPSA) is 88.0 Å². The van der Waals surface area contributed by atoms with Crippen molar-refractivity contribution in [2.24, 2.45) is 0 Å². The molecule has 0 unspecified atom stereocenters. The number of rotatable bonds is 5. The first-order valence-electron chi connectivity index (χ1n) is 9.34. The third-order valence-electron chi connectivity index (χ3n) is 4.69. The lowest BCUT2D eigenvalue weighted by Gasteiger charge is -2.22. The molecule has 0 spiro atoms. The maximum atomic E-state index is 12.0. The van der Waals surface area contributed by atoms with Crippen LogP contribution in [-0.2, 0) is 4.79 Å². The van der Waals surface area contributed by atoms with Gasteiger partial charge in [-0.1, -0.05) is 19.3 Å². The predicted molar refractivity (Wildman–Crippen MR) is 102 cm³/mol. The number of benzene rings is 1. The van der Waals surface area contributed by atoms with Crippen LogP contribution in [0.15, 0.2) is 24.4 Å². The molecule has 0 saturated heterocycles. The second-order valence-corrected chi connectivity index (χ2v) is 7.19. The lowest BCUT2D eigenvalue weighted by molar-refractivity contribution is -0.120. The van der Waals surface area contributed by atoms with Gasteiger partial charge in [0.2, 0.25) is 5.91 Å². The average molecular weight is 357 g/mol. The van der Waals surface area contributed by atoms with Gasteiger partial charge in [-0.3, -0.25) is 9.48 Å². The fourth-order valence-corrected chi connectivity index (χ4v) is 3.25. The van der Waals surface area contributed by atoms with Gasteiger partial charge in [-0.2, -0.15) is 5.10 Å². The van der Waals surface area contributed by atoms with E-state index in [1.165, 1.54) is 6.42 Å². The number of anilines is 1. The van der Waals surface area contributed by atoms with Crippen LogP contribution < -0.4 is 16.0 Å². The molecule has 2 aromatic rings. The minimum absolute atomic E-state index is 0.0180. The molecule has 7 heteroatoms. The fraction of sp³-hybridized carbons (Fsp3) is 0.526. The number of carbonyl (C=O) groups is 2. The molecule has 0 aliphatic heterocycles. The molecule has 1 saturated carbocycles. The molecule has 26 heavy (non-hydrogen) atoms. The van der Waals surface area contributed by atoms with E-state index in [9.17, 15) is 9.59 Å². The summed E-state index contributed by atoms with van der Waals surface area (Å²) in [5, 5.41) is 13.8. The van der Waals surface area contributed by atoms with Crippen LogP contribution in [0.2, 0.25) is 0 Å². The molecule has 3 rings (SSSR count). The van der Waals surface area contributed by atoms with Gasteiger partial charge >= 0.3 is 6.03 Å². The maximum Gasteiger partial charge on any atom is 0.319 e. The first-order chi connectivity index (χ1) is 12.5. The van der Waals surface area contributed by atoms with Gasteiger partial charge in [-0.05, 0) is 44.9 Å². The van der Waals surface area contributed by atoms with Crippen LogP contribution >= 0.6 is 0 Å². The minimum atomic E-state index is -0.389. The van der Waals surface area contributed by atoms with E-state index in [4.69, 9.17) is 0 Å². The Labute approximate surface area is 153 Å². The number of fused-ring (bicyclic) bond motifs is 1. The van der Waals surface area contributed by atoms with E-state index in [0.29, 0.717) is 5.69 Å². The number of aromatic nitrogens is 2. The summed E-state index contributed by atoms with van der Waals surface area (Å²) in [4.78, 5) is 24.0. The molecule has 1 aliphatic carbocycles. The van der Waals surface area contributed by atoms with Crippen LogP contribution in [0.5, 0.6) is 0 Å². The molecule has 1 fully saturated rings. The van der Waals surface area contributed by atoms with Crippen LogP contribution in [-0.4, -0.2) is 34.3 Å². The van der Waals surface area contributed by atoms with Crippen molar-refractivity contribution in [1.82, 2.24) is 20.4 Å². The third kappa shape index (κ3) is 4.74. The van der Waals surface area contributed by atoms with Crippen LogP contribution in [0.4, 0.5) is 10.5 Å². The van der Waals surface area contributed by atoms with Crippen molar-refractivity contribution in [2.45, 2.75) is 58.0 Å². The molecule has 0 bridgehead atoms. The van der Waals surface area contributed by atoms with E-state index in [0.717, 1.165) is 36.6 Å². The third-order valence-corrected chi connectivity index (χ3v) is 4.69. The van der Waals surface area contributed by atoms with Crippen LogP contribution in [0.25, 0.3) is 10.9 Å². The summed E-state index contributed by atoms with van der Waals surface area (Å²) in [5.74, 6) is -0.138. The minimum Gasteiger partial charge on any atom is -0.352 e. The summed E-state index contributed by atoms with van der Waals surface area (Å²) in [6, 6.07) is 5.70. The van der Waals surface area contributed by atoms with Gasteiger partial charge < -0.3 is 16.0 Å². The number of hydrogen-bond acceptors (Lipinski definition) is 3. The summed E-state index contributed by atoms with van der Waals surface area (Å²) < 4.78 is 1.89. The second-order valence-electron chi connectivity index (χ2n) is 7.19. The first kappa shape index (κ1) is 18.2. The monoisotopic (exact) mass is 357 g/mol. The highest BCUT2D eigenvalue weighted by molar-refractivity contribution is 5.94. The Morgan fingerprint density at radius 3 is 2.73 bits per heavy atom. The molecule has 1 heterocycles. The highest BCUT2D eigenvalue weighted by Gasteiger charge is 2.16. The van der Waals surface area contributed by atoms with Crippen molar-refractivity contribution in [2.75, 3.05) is 11.9 Å². The Kier molecular flexibility index (Phi) is 5.75. The predicted octanol–water partition coefficient (Wildman–Crippen LogP) is 3.19. The zero-order valence-corrected chi connectivity index (χ0v) is 15.4. The Hall–Kier alpha value is -2.57. The SMILES string of the molecule is CC(C)n1cc2cc(NC(=O)NCC(=O)NC3CCCCC3)ccc2n1. The van der Waals surface area contributed by atoms with Crippen molar-refractivity contribution in [3.05, 3.63) is 24.4 Å². The van der Waals surface area contributed by atoms with Crippen LogP contribution in [0.1, 0.15) is 52.0 Å². The average Bonchev–Trinajstić information content (AvgIpc) is 3.04. The highest BCUT2D eigenvalue weighted by atomic mass is 16.2. The Morgan fingerprint density at radius 1 is 1.23 bits per heavy atom. The number of amides is 3. The second kappa shape index (κ2) is 8.21. The van der Waals surface area contributed by atoms with Gasteiger partial charge in [0.1, 0.15) is 0 Å². The number of carbonyl (C=O) groups excluding carboxylic acids is 2. The molecular formula is C19H27N5O2. The van der Waals surface area contributed by atoms with Gasteiger partial charge in [0.15, 0.2) is 0 Å².